The van der Waals surface area contributed by atoms with Crippen LogP contribution in [0, 0.1) is 5.92 Å². The smallest absolute Gasteiger partial charge is 0.140 e. The molecule has 1 aliphatic carbocycles. The molecular formula is C16H26N6. The summed E-state index contributed by atoms with van der Waals surface area (Å²) in [5, 5.41) is 12.5. The average Bonchev–Trinajstić information content (AvgIpc) is 3.16. The summed E-state index contributed by atoms with van der Waals surface area (Å²) in [4.78, 5) is 4.41. The van der Waals surface area contributed by atoms with Crippen LogP contribution in [0.5, 0.6) is 0 Å². The van der Waals surface area contributed by atoms with Crippen LogP contribution in [0.25, 0.3) is 0 Å². The summed E-state index contributed by atoms with van der Waals surface area (Å²) in [5.41, 5.74) is 0. The average molecular weight is 302 g/mol. The number of hydrogen-bond donors (Lipinski definition) is 1. The van der Waals surface area contributed by atoms with Gasteiger partial charge in [-0.25, -0.2) is 9.67 Å². The highest BCUT2D eigenvalue weighted by atomic mass is 15.3. The molecule has 1 saturated carbocycles. The van der Waals surface area contributed by atoms with Crippen LogP contribution in [-0.4, -0.2) is 30.6 Å². The van der Waals surface area contributed by atoms with Crippen LogP contribution in [0.15, 0.2) is 24.8 Å². The minimum Gasteiger partial charge on any atom is -0.305 e. The molecule has 0 unspecified atom stereocenters. The van der Waals surface area contributed by atoms with E-state index in [9.17, 15) is 0 Å². The molecule has 1 aliphatic rings. The Labute approximate surface area is 131 Å². The molecule has 6 heteroatoms. The van der Waals surface area contributed by atoms with E-state index in [1.807, 2.05) is 16.9 Å². The first-order chi connectivity index (χ1) is 10.7. The van der Waals surface area contributed by atoms with Crippen LogP contribution >= 0.6 is 0 Å². The van der Waals surface area contributed by atoms with Crippen molar-refractivity contribution in [1.82, 2.24) is 29.9 Å². The van der Waals surface area contributed by atoms with E-state index in [2.05, 4.69) is 45.2 Å². The van der Waals surface area contributed by atoms with E-state index in [4.69, 9.17) is 0 Å². The van der Waals surface area contributed by atoms with E-state index in [1.54, 1.807) is 6.33 Å². The fraction of sp³-hybridized carbons (Fsp3) is 0.688. The maximum Gasteiger partial charge on any atom is 0.140 e. The molecule has 1 N–H and O–H groups in total. The van der Waals surface area contributed by atoms with Gasteiger partial charge in [-0.1, -0.05) is 26.7 Å². The van der Waals surface area contributed by atoms with Crippen LogP contribution in [0.3, 0.4) is 0 Å². The van der Waals surface area contributed by atoms with E-state index in [-0.39, 0.29) is 0 Å². The van der Waals surface area contributed by atoms with Crippen molar-refractivity contribution in [3.8, 4) is 0 Å². The van der Waals surface area contributed by atoms with Gasteiger partial charge in [0.1, 0.15) is 12.2 Å². The van der Waals surface area contributed by atoms with E-state index < -0.39 is 0 Å². The summed E-state index contributed by atoms with van der Waals surface area (Å²) in [5.74, 6) is 1.60. The Morgan fingerprint density at radius 1 is 1.27 bits per heavy atom. The van der Waals surface area contributed by atoms with Gasteiger partial charge in [0, 0.05) is 25.0 Å². The third kappa shape index (κ3) is 3.55. The molecule has 1 fully saturated rings. The van der Waals surface area contributed by atoms with Gasteiger partial charge in [-0.3, -0.25) is 4.68 Å². The van der Waals surface area contributed by atoms with E-state index in [1.165, 1.54) is 25.7 Å². The van der Waals surface area contributed by atoms with Crippen molar-refractivity contribution in [3.05, 3.63) is 30.6 Å². The van der Waals surface area contributed by atoms with E-state index in [0.717, 1.165) is 18.9 Å². The maximum atomic E-state index is 4.44. The SMILES string of the molecule is CC(C)Cn1ncnc1CN[C@H]1CCCC[C@H]1n1cccn1. The minimum atomic E-state index is 0.449. The molecule has 2 atom stereocenters. The highest BCUT2D eigenvalue weighted by Crippen LogP contribution is 2.28. The summed E-state index contributed by atoms with van der Waals surface area (Å²) in [6.45, 7) is 6.10. The monoisotopic (exact) mass is 302 g/mol. The number of aromatic nitrogens is 5. The summed E-state index contributed by atoms with van der Waals surface area (Å²) in [7, 11) is 0. The van der Waals surface area contributed by atoms with Crippen molar-refractivity contribution >= 4 is 0 Å². The summed E-state index contributed by atoms with van der Waals surface area (Å²) in [6.07, 6.45) is 10.6. The minimum absolute atomic E-state index is 0.449. The van der Waals surface area contributed by atoms with Crippen molar-refractivity contribution in [1.29, 1.82) is 0 Å². The molecule has 0 radical (unpaired) electrons. The quantitative estimate of drug-likeness (QED) is 0.890. The van der Waals surface area contributed by atoms with Gasteiger partial charge in [0.25, 0.3) is 0 Å². The molecule has 0 aliphatic heterocycles. The molecule has 0 saturated heterocycles. The van der Waals surface area contributed by atoms with Crippen LogP contribution in [0.1, 0.15) is 51.4 Å². The van der Waals surface area contributed by atoms with E-state index in [0.29, 0.717) is 18.0 Å². The Bertz CT molecular complexity index is 559. The topological polar surface area (TPSA) is 60.6 Å². The Kier molecular flexibility index (Phi) is 4.87. The number of nitrogens with one attached hydrogen (secondary N) is 1. The largest absolute Gasteiger partial charge is 0.305 e. The van der Waals surface area contributed by atoms with Gasteiger partial charge in [0.2, 0.25) is 0 Å². The van der Waals surface area contributed by atoms with Crippen LogP contribution in [0.2, 0.25) is 0 Å². The van der Waals surface area contributed by atoms with Gasteiger partial charge < -0.3 is 5.32 Å². The second-order valence-corrected chi connectivity index (χ2v) is 6.58. The van der Waals surface area contributed by atoms with Crippen LogP contribution in [0.4, 0.5) is 0 Å². The Morgan fingerprint density at radius 2 is 2.14 bits per heavy atom. The van der Waals surface area contributed by atoms with Gasteiger partial charge in [-0.05, 0) is 24.8 Å². The van der Waals surface area contributed by atoms with Gasteiger partial charge in [-0.15, -0.1) is 0 Å². The second-order valence-electron chi connectivity index (χ2n) is 6.58. The fourth-order valence-corrected chi connectivity index (χ4v) is 3.29. The van der Waals surface area contributed by atoms with E-state index >= 15 is 0 Å². The lowest BCUT2D eigenvalue weighted by molar-refractivity contribution is 0.243. The Hall–Kier alpha value is -1.69. The van der Waals surface area contributed by atoms with Crippen LogP contribution in [-0.2, 0) is 13.1 Å². The van der Waals surface area contributed by atoms with Crippen molar-refractivity contribution in [2.75, 3.05) is 0 Å². The van der Waals surface area contributed by atoms with Crippen molar-refractivity contribution in [3.63, 3.8) is 0 Å². The normalized spacial score (nSPS) is 22.3. The first-order valence-corrected chi connectivity index (χ1v) is 8.33. The summed E-state index contributed by atoms with van der Waals surface area (Å²) >= 11 is 0. The Morgan fingerprint density at radius 3 is 2.91 bits per heavy atom. The number of rotatable bonds is 6. The Balaban J connectivity index is 1.63. The molecule has 3 rings (SSSR count). The zero-order valence-corrected chi connectivity index (χ0v) is 13.5. The van der Waals surface area contributed by atoms with Gasteiger partial charge in [0.05, 0.1) is 12.6 Å². The molecule has 0 spiro atoms. The highest BCUT2D eigenvalue weighted by molar-refractivity contribution is 4.92. The molecule has 0 amide bonds. The highest BCUT2D eigenvalue weighted by Gasteiger charge is 2.26. The first-order valence-electron chi connectivity index (χ1n) is 8.33. The van der Waals surface area contributed by atoms with Gasteiger partial charge >= 0.3 is 0 Å². The molecule has 0 aromatic carbocycles. The lowest BCUT2D eigenvalue weighted by Crippen LogP contribution is -2.40. The lowest BCUT2D eigenvalue weighted by atomic mass is 9.90. The summed E-state index contributed by atoms with van der Waals surface area (Å²) < 4.78 is 4.12. The molecule has 0 bridgehead atoms. The standard InChI is InChI=1S/C16H26N6/c1-13(2)11-22-16(18-12-20-22)10-17-14-6-3-4-7-15(14)21-9-5-8-19-21/h5,8-9,12-15,17H,3-4,6-7,10-11H2,1-2H3/t14-,15+/m0/s1. The van der Waals surface area contributed by atoms with Crippen LogP contribution < -0.4 is 5.32 Å². The molecule has 2 aromatic heterocycles. The predicted octanol–water partition coefficient (Wildman–Crippen LogP) is 2.40. The first kappa shape index (κ1) is 15.2. The zero-order valence-electron chi connectivity index (χ0n) is 13.5. The van der Waals surface area contributed by atoms with Crippen molar-refractivity contribution in [2.24, 2.45) is 5.92 Å². The predicted molar refractivity (Wildman–Crippen MR) is 85.2 cm³/mol. The van der Waals surface area contributed by atoms with Crippen molar-refractivity contribution < 1.29 is 0 Å². The number of hydrogen-bond acceptors (Lipinski definition) is 4. The number of nitrogens with zero attached hydrogens (tertiary/aromatic N) is 5. The third-order valence-corrected chi connectivity index (χ3v) is 4.35. The van der Waals surface area contributed by atoms with Gasteiger partial charge in [-0.2, -0.15) is 10.2 Å². The molecule has 6 nitrogen and oxygen atoms in total. The lowest BCUT2D eigenvalue weighted by Gasteiger charge is -2.32. The molecular weight excluding hydrogens is 276 g/mol. The molecule has 2 aromatic rings. The third-order valence-electron chi connectivity index (χ3n) is 4.35. The maximum absolute atomic E-state index is 4.44. The fourth-order valence-electron chi connectivity index (χ4n) is 3.29. The molecule has 22 heavy (non-hydrogen) atoms. The molecule has 2 heterocycles. The molecule has 120 valence electrons. The zero-order chi connectivity index (χ0) is 15.4. The van der Waals surface area contributed by atoms with Gasteiger partial charge in [0.15, 0.2) is 0 Å². The summed E-state index contributed by atoms with van der Waals surface area (Å²) in [6, 6.07) is 2.91. The van der Waals surface area contributed by atoms with Crippen molar-refractivity contribution in [2.45, 2.75) is 64.7 Å². The second kappa shape index (κ2) is 7.05.